The molecule has 1 heterocycles. The first-order chi connectivity index (χ1) is 15.9. The highest BCUT2D eigenvalue weighted by atomic mass is 32.2. The molecule has 2 aromatic carbocycles. The van der Waals surface area contributed by atoms with Crippen LogP contribution in [0, 0.1) is 6.92 Å². The Kier molecular flexibility index (Phi) is 7.14. The maximum Gasteiger partial charge on any atom is 0.324 e. The molecule has 1 saturated heterocycles. The van der Waals surface area contributed by atoms with Crippen LogP contribution >= 0.6 is 0 Å². The zero-order chi connectivity index (χ0) is 23.4. The molecule has 0 aromatic heterocycles. The number of rotatable bonds is 6. The molecule has 1 N–H and O–H groups in total. The predicted octanol–water partition coefficient (Wildman–Crippen LogP) is 3.28. The molecular formula is C25H30N2O5S. The number of hydrogen-bond acceptors (Lipinski definition) is 5. The van der Waals surface area contributed by atoms with Gasteiger partial charge in [-0.3, -0.25) is 9.59 Å². The number of amides is 1. The topological polar surface area (TPSA) is 92.8 Å². The molecule has 8 heteroatoms. The lowest BCUT2D eigenvalue weighted by Crippen LogP contribution is -2.49. The van der Waals surface area contributed by atoms with Crippen molar-refractivity contribution in [2.45, 2.75) is 62.4 Å². The largest absolute Gasteiger partial charge is 0.454 e. The summed E-state index contributed by atoms with van der Waals surface area (Å²) in [6.45, 7) is 1.71. The van der Waals surface area contributed by atoms with Crippen molar-refractivity contribution in [2.75, 3.05) is 13.2 Å². The van der Waals surface area contributed by atoms with Gasteiger partial charge >= 0.3 is 5.97 Å². The average molecular weight is 471 g/mol. The number of sulfonamides is 1. The van der Waals surface area contributed by atoms with Crippen LogP contribution < -0.4 is 5.32 Å². The Morgan fingerprint density at radius 1 is 1.03 bits per heavy atom. The van der Waals surface area contributed by atoms with Gasteiger partial charge in [-0.25, -0.2) is 8.42 Å². The number of ether oxygens (including phenoxy) is 1. The molecule has 2 aromatic rings. The quantitative estimate of drug-likeness (QED) is 0.654. The SMILES string of the molecule is Cc1ccc(S(=O)(=O)N2CCCCC2C(=O)OCC(=O)NC2CCCc3ccccc32)cc1. The van der Waals surface area contributed by atoms with Gasteiger partial charge in [0.1, 0.15) is 6.04 Å². The Balaban J connectivity index is 1.39. The van der Waals surface area contributed by atoms with Crippen LogP contribution in [0.2, 0.25) is 0 Å². The normalized spacial score (nSPS) is 21.1. The van der Waals surface area contributed by atoms with Crippen LogP contribution in [-0.4, -0.2) is 43.8 Å². The molecule has 2 unspecified atom stereocenters. The molecule has 1 aliphatic carbocycles. The van der Waals surface area contributed by atoms with Crippen LogP contribution in [-0.2, 0) is 30.8 Å². The highest BCUT2D eigenvalue weighted by molar-refractivity contribution is 7.89. The number of benzene rings is 2. The van der Waals surface area contributed by atoms with Gasteiger partial charge in [0.15, 0.2) is 6.61 Å². The van der Waals surface area contributed by atoms with Crippen LogP contribution in [0.5, 0.6) is 0 Å². The second kappa shape index (κ2) is 10.1. The van der Waals surface area contributed by atoms with Crippen LogP contribution in [0.15, 0.2) is 53.4 Å². The van der Waals surface area contributed by atoms with Crippen molar-refractivity contribution < 1.29 is 22.7 Å². The van der Waals surface area contributed by atoms with Crippen molar-refractivity contribution in [1.29, 1.82) is 0 Å². The van der Waals surface area contributed by atoms with Gasteiger partial charge in [0.2, 0.25) is 10.0 Å². The minimum atomic E-state index is -3.84. The van der Waals surface area contributed by atoms with Crippen molar-refractivity contribution in [1.82, 2.24) is 9.62 Å². The van der Waals surface area contributed by atoms with E-state index in [1.54, 1.807) is 24.3 Å². The van der Waals surface area contributed by atoms with Crippen molar-refractivity contribution in [2.24, 2.45) is 0 Å². The molecular weight excluding hydrogens is 440 g/mol. The van der Waals surface area contributed by atoms with E-state index in [0.29, 0.717) is 12.8 Å². The zero-order valence-electron chi connectivity index (χ0n) is 18.8. The molecule has 2 aliphatic rings. The van der Waals surface area contributed by atoms with Gasteiger partial charge < -0.3 is 10.1 Å². The predicted molar refractivity (Wildman–Crippen MR) is 124 cm³/mol. The summed E-state index contributed by atoms with van der Waals surface area (Å²) in [4.78, 5) is 25.5. The summed E-state index contributed by atoms with van der Waals surface area (Å²) < 4.78 is 32.9. The van der Waals surface area contributed by atoms with Crippen LogP contribution in [0.4, 0.5) is 0 Å². The second-order valence-corrected chi connectivity index (χ2v) is 10.6. The summed E-state index contributed by atoms with van der Waals surface area (Å²) in [5, 5.41) is 2.96. The van der Waals surface area contributed by atoms with Gasteiger partial charge in [-0.2, -0.15) is 4.31 Å². The lowest BCUT2D eigenvalue weighted by atomic mass is 9.88. The Hall–Kier alpha value is -2.71. The number of piperidine rings is 1. The van der Waals surface area contributed by atoms with Crippen LogP contribution in [0.25, 0.3) is 0 Å². The third-order valence-electron chi connectivity index (χ3n) is 6.40. The van der Waals surface area contributed by atoms with E-state index in [9.17, 15) is 18.0 Å². The highest BCUT2D eigenvalue weighted by Gasteiger charge is 2.38. The number of nitrogens with one attached hydrogen (secondary N) is 1. The summed E-state index contributed by atoms with van der Waals surface area (Å²) in [5.41, 5.74) is 3.28. The number of aryl methyl sites for hydroxylation is 2. The van der Waals surface area contributed by atoms with Gasteiger partial charge in [0, 0.05) is 6.54 Å². The number of hydrogen-bond donors (Lipinski definition) is 1. The Bertz CT molecular complexity index is 1110. The molecule has 0 radical (unpaired) electrons. The zero-order valence-corrected chi connectivity index (χ0v) is 19.6. The number of carbonyl (C=O) groups is 2. The lowest BCUT2D eigenvalue weighted by molar-refractivity contribution is -0.153. The number of esters is 1. The van der Waals surface area contributed by atoms with E-state index in [4.69, 9.17) is 4.74 Å². The Labute approximate surface area is 195 Å². The monoisotopic (exact) mass is 470 g/mol. The molecule has 4 rings (SSSR count). The van der Waals surface area contributed by atoms with Crippen molar-refractivity contribution >= 4 is 21.9 Å². The van der Waals surface area contributed by atoms with E-state index in [1.165, 1.54) is 9.87 Å². The fourth-order valence-electron chi connectivity index (χ4n) is 4.65. The highest BCUT2D eigenvalue weighted by Crippen LogP contribution is 2.29. The molecule has 0 spiro atoms. The number of carbonyl (C=O) groups excluding carboxylic acids is 2. The van der Waals surface area contributed by atoms with E-state index >= 15 is 0 Å². The van der Waals surface area contributed by atoms with E-state index < -0.39 is 28.6 Å². The lowest BCUT2D eigenvalue weighted by Gasteiger charge is -2.33. The number of nitrogens with zero attached hydrogens (tertiary/aromatic N) is 1. The molecule has 0 saturated carbocycles. The summed E-state index contributed by atoms with van der Waals surface area (Å²) in [6, 6.07) is 13.6. The van der Waals surface area contributed by atoms with Crippen molar-refractivity contribution in [3.8, 4) is 0 Å². The molecule has 176 valence electrons. The third-order valence-corrected chi connectivity index (χ3v) is 8.33. The number of fused-ring (bicyclic) bond motifs is 1. The minimum Gasteiger partial charge on any atom is -0.454 e. The van der Waals surface area contributed by atoms with Gasteiger partial charge in [-0.1, -0.05) is 42.0 Å². The molecule has 33 heavy (non-hydrogen) atoms. The molecule has 1 fully saturated rings. The molecule has 1 amide bonds. The molecule has 7 nitrogen and oxygen atoms in total. The first-order valence-electron chi connectivity index (χ1n) is 11.5. The van der Waals surface area contributed by atoms with Gasteiger partial charge in [-0.15, -0.1) is 0 Å². The molecule has 2 atom stereocenters. The van der Waals surface area contributed by atoms with E-state index in [0.717, 1.165) is 36.8 Å². The smallest absolute Gasteiger partial charge is 0.324 e. The minimum absolute atomic E-state index is 0.103. The van der Waals surface area contributed by atoms with E-state index in [2.05, 4.69) is 11.4 Å². The maximum absolute atomic E-state index is 13.2. The fourth-order valence-corrected chi connectivity index (χ4v) is 6.29. The third kappa shape index (κ3) is 5.28. The summed E-state index contributed by atoms with van der Waals surface area (Å²) in [6.07, 6.45) is 4.59. The van der Waals surface area contributed by atoms with Gasteiger partial charge in [-0.05, 0) is 68.7 Å². The van der Waals surface area contributed by atoms with E-state index in [-0.39, 0.29) is 23.4 Å². The standard InChI is InChI=1S/C25H30N2O5S/c1-18-12-14-20(15-13-18)33(30,31)27-16-5-4-11-23(27)25(29)32-17-24(28)26-22-10-6-8-19-7-2-3-9-21(19)22/h2-3,7,9,12-15,22-23H,4-6,8,10-11,16-17H2,1H3,(H,26,28). The van der Waals surface area contributed by atoms with E-state index in [1.807, 2.05) is 25.1 Å². The molecule has 1 aliphatic heterocycles. The summed E-state index contributed by atoms with van der Waals surface area (Å²) in [5.74, 6) is -1.06. The molecule has 0 bridgehead atoms. The Morgan fingerprint density at radius 3 is 2.58 bits per heavy atom. The maximum atomic E-state index is 13.2. The van der Waals surface area contributed by atoms with Gasteiger partial charge in [0.25, 0.3) is 5.91 Å². The fraction of sp³-hybridized carbons (Fsp3) is 0.440. The van der Waals surface area contributed by atoms with Crippen LogP contribution in [0.3, 0.4) is 0 Å². The van der Waals surface area contributed by atoms with Crippen molar-refractivity contribution in [3.63, 3.8) is 0 Å². The van der Waals surface area contributed by atoms with Crippen molar-refractivity contribution in [3.05, 3.63) is 65.2 Å². The summed E-state index contributed by atoms with van der Waals surface area (Å²) in [7, 11) is -3.84. The van der Waals surface area contributed by atoms with Gasteiger partial charge in [0.05, 0.1) is 10.9 Å². The summed E-state index contributed by atoms with van der Waals surface area (Å²) >= 11 is 0. The Morgan fingerprint density at radius 2 is 1.79 bits per heavy atom. The average Bonchev–Trinajstić information content (AvgIpc) is 2.83. The van der Waals surface area contributed by atoms with Crippen LogP contribution in [0.1, 0.15) is 54.8 Å². The first kappa shape index (κ1) is 23.4. The second-order valence-electron chi connectivity index (χ2n) is 8.76. The first-order valence-corrected chi connectivity index (χ1v) is 12.9.